The minimum atomic E-state index is -0.506. The number of amides is 1. The molecule has 0 spiro atoms. The zero-order valence-electron chi connectivity index (χ0n) is 11.5. The summed E-state index contributed by atoms with van der Waals surface area (Å²) >= 11 is 0. The Balaban J connectivity index is 1.87. The van der Waals surface area contributed by atoms with Crippen LogP contribution in [0.4, 0.5) is 0 Å². The van der Waals surface area contributed by atoms with Crippen molar-refractivity contribution < 1.29 is 9.90 Å². The second-order valence-electron chi connectivity index (χ2n) is 5.57. The lowest BCUT2D eigenvalue weighted by Crippen LogP contribution is -2.33. The van der Waals surface area contributed by atoms with E-state index in [-0.39, 0.29) is 12.5 Å². The molecule has 1 unspecified atom stereocenters. The monoisotopic (exact) mass is 263 g/mol. The lowest BCUT2D eigenvalue weighted by Gasteiger charge is -2.13. The number of hydrogen-bond acceptors (Lipinski definition) is 4. The van der Waals surface area contributed by atoms with Gasteiger partial charge in [-0.2, -0.15) is 0 Å². The third-order valence-electron chi connectivity index (χ3n) is 3.09. The summed E-state index contributed by atoms with van der Waals surface area (Å²) in [4.78, 5) is 20.4. The SMILES string of the molecule is CC(C)CC(O)CNC(=O)c1ccnc(C2CC2)n1. The van der Waals surface area contributed by atoms with Gasteiger partial charge in [-0.3, -0.25) is 4.79 Å². The van der Waals surface area contributed by atoms with E-state index in [1.807, 2.05) is 13.8 Å². The standard InChI is InChI=1S/C14H21N3O2/c1-9(2)7-11(18)8-16-14(19)12-5-6-15-13(17-12)10-3-4-10/h5-6,9-11,18H,3-4,7-8H2,1-2H3,(H,16,19). The van der Waals surface area contributed by atoms with Crippen LogP contribution >= 0.6 is 0 Å². The van der Waals surface area contributed by atoms with Crippen LogP contribution in [0.25, 0.3) is 0 Å². The summed E-state index contributed by atoms with van der Waals surface area (Å²) in [6.07, 6.45) is 4.02. The molecule has 1 amide bonds. The maximum Gasteiger partial charge on any atom is 0.270 e. The number of hydrogen-bond donors (Lipinski definition) is 2. The van der Waals surface area contributed by atoms with Crippen molar-refractivity contribution in [3.05, 3.63) is 23.8 Å². The molecule has 1 aliphatic carbocycles. The lowest BCUT2D eigenvalue weighted by molar-refractivity contribution is 0.0895. The van der Waals surface area contributed by atoms with E-state index in [0.29, 0.717) is 24.0 Å². The molecule has 0 bridgehead atoms. The Kier molecular flexibility index (Phi) is 4.47. The van der Waals surface area contributed by atoms with E-state index in [4.69, 9.17) is 0 Å². The fraction of sp³-hybridized carbons (Fsp3) is 0.643. The number of rotatable bonds is 6. The second-order valence-corrected chi connectivity index (χ2v) is 5.57. The van der Waals surface area contributed by atoms with Gasteiger partial charge in [0.05, 0.1) is 6.10 Å². The van der Waals surface area contributed by atoms with Gasteiger partial charge in [0, 0.05) is 18.7 Å². The number of carbonyl (C=O) groups excluding carboxylic acids is 1. The molecule has 104 valence electrons. The molecule has 0 radical (unpaired) electrons. The summed E-state index contributed by atoms with van der Waals surface area (Å²) in [6.45, 7) is 4.34. The van der Waals surface area contributed by atoms with Crippen molar-refractivity contribution in [2.24, 2.45) is 5.92 Å². The van der Waals surface area contributed by atoms with E-state index in [2.05, 4.69) is 15.3 Å². The van der Waals surface area contributed by atoms with Crippen molar-refractivity contribution in [2.45, 2.75) is 45.1 Å². The van der Waals surface area contributed by atoms with Crippen LogP contribution in [0.2, 0.25) is 0 Å². The molecule has 1 saturated carbocycles. The van der Waals surface area contributed by atoms with Crippen molar-refractivity contribution in [3.63, 3.8) is 0 Å². The number of nitrogens with zero attached hydrogens (tertiary/aromatic N) is 2. The van der Waals surface area contributed by atoms with Gasteiger partial charge in [0.1, 0.15) is 11.5 Å². The van der Waals surface area contributed by atoms with Gasteiger partial charge < -0.3 is 10.4 Å². The lowest BCUT2D eigenvalue weighted by atomic mass is 10.1. The highest BCUT2D eigenvalue weighted by Crippen LogP contribution is 2.37. The van der Waals surface area contributed by atoms with Crippen LogP contribution in [0.3, 0.4) is 0 Å². The first-order valence-electron chi connectivity index (χ1n) is 6.85. The maximum absolute atomic E-state index is 11.9. The van der Waals surface area contributed by atoms with Gasteiger partial charge in [0.2, 0.25) is 0 Å². The van der Waals surface area contributed by atoms with Crippen LogP contribution < -0.4 is 5.32 Å². The van der Waals surface area contributed by atoms with E-state index in [9.17, 15) is 9.90 Å². The fourth-order valence-corrected chi connectivity index (χ4v) is 1.97. The van der Waals surface area contributed by atoms with Crippen LogP contribution in [-0.4, -0.2) is 33.6 Å². The number of aliphatic hydroxyl groups excluding tert-OH is 1. The average molecular weight is 263 g/mol. The molecule has 2 N–H and O–H groups in total. The predicted octanol–water partition coefficient (Wildman–Crippen LogP) is 1.49. The summed E-state index contributed by atoms with van der Waals surface area (Å²) in [5.41, 5.74) is 0.383. The third-order valence-corrected chi connectivity index (χ3v) is 3.09. The molecule has 1 aromatic heterocycles. The number of nitrogens with one attached hydrogen (secondary N) is 1. The Morgan fingerprint density at radius 1 is 1.53 bits per heavy atom. The highest BCUT2D eigenvalue weighted by atomic mass is 16.3. The quantitative estimate of drug-likeness (QED) is 0.815. The largest absolute Gasteiger partial charge is 0.391 e. The van der Waals surface area contributed by atoms with Gasteiger partial charge in [-0.25, -0.2) is 9.97 Å². The first kappa shape index (κ1) is 13.9. The first-order valence-corrected chi connectivity index (χ1v) is 6.85. The summed E-state index contributed by atoms with van der Waals surface area (Å²) in [5, 5.41) is 12.4. The average Bonchev–Trinajstić information content (AvgIpc) is 3.19. The molecule has 5 heteroatoms. The van der Waals surface area contributed by atoms with Crippen molar-refractivity contribution in [1.29, 1.82) is 0 Å². The maximum atomic E-state index is 11.9. The molecule has 1 atom stereocenters. The van der Waals surface area contributed by atoms with Crippen molar-refractivity contribution in [1.82, 2.24) is 15.3 Å². The third kappa shape index (κ3) is 4.28. The Bertz CT molecular complexity index is 444. The number of carbonyl (C=O) groups is 1. The Morgan fingerprint density at radius 3 is 2.89 bits per heavy atom. The van der Waals surface area contributed by atoms with Crippen LogP contribution in [-0.2, 0) is 0 Å². The van der Waals surface area contributed by atoms with Crippen LogP contribution in [0.15, 0.2) is 12.3 Å². The van der Waals surface area contributed by atoms with E-state index in [0.717, 1.165) is 18.7 Å². The molecule has 1 aromatic rings. The topological polar surface area (TPSA) is 75.1 Å². The highest BCUT2D eigenvalue weighted by Gasteiger charge is 2.27. The number of aliphatic hydroxyl groups is 1. The first-order chi connectivity index (χ1) is 9.06. The van der Waals surface area contributed by atoms with Crippen LogP contribution in [0, 0.1) is 5.92 Å². The second kappa shape index (κ2) is 6.10. The molecule has 1 aliphatic rings. The van der Waals surface area contributed by atoms with Gasteiger partial charge in [0.15, 0.2) is 0 Å². The molecular formula is C14H21N3O2. The zero-order chi connectivity index (χ0) is 13.8. The molecule has 0 aromatic carbocycles. The summed E-state index contributed by atoms with van der Waals surface area (Å²) in [7, 11) is 0. The molecule has 1 heterocycles. The van der Waals surface area contributed by atoms with Crippen molar-refractivity contribution in [2.75, 3.05) is 6.54 Å². The minimum Gasteiger partial charge on any atom is -0.391 e. The summed E-state index contributed by atoms with van der Waals surface area (Å²) in [5.74, 6) is 1.36. The Hall–Kier alpha value is -1.49. The van der Waals surface area contributed by atoms with Gasteiger partial charge in [-0.05, 0) is 31.2 Å². The molecule has 1 fully saturated rings. The molecule has 0 saturated heterocycles. The number of aromatic nitrogens is 2. The molecule has 2 rings (SSSR count). The molecule has 0 aliphatic heterocycles. The van der Waals surface area contributed by atoms with Crippen molar-refractivity contribution in [3.8, 4) is 0 Å². The Morgan fingerprint density at radius 2 is 2.26 bits per heavy atom. The molecular weight excluding hydrogens is 242 g/mol. The van der Waals surface area contributed by atoms with E-state index >= 15 is 0 Å². The predicted molar refractivity (Wildman–Crippen MR) is 71.8 cm³/mol. The van der Waals surface area contributed by atoms with Gasteiger partial charge in [0.25, 0.3) is 5.91 Å². The van der Waals surface area contributed by atoms with Gasteiger partial charge >= 0.3 is 0 Å². The zero-order valence-corrected chi connectivity index (χ0v) is 11.5. The van der Waals surface area contributed by atoms with Gasteiger partial charge in [-0.15, -0.1) is 0 Å². The summed E-state index contributed by atoms with van der Waals surface area (Å²) in [6, 6.07) is 1.61. The normalized spacial score (nSPS) is 16.4. The highest BCUT2D eigenvalue weighted by molar-refractivity contribution is 5.92. The molecule has 5 nitrogen and oxygen atoms in total. The van der Waals surface area contributed by atoms with E-state index in [1.165, 1.54) is 0 Å². The van der Waals surface area contributed by atoms with Crippen LogP contribution in [0.5, 0.6) is 0 Å². The molecule has 19 heavy (non-hydrogen) atoms. The van der Waals surface area contributed by atoms with Crippen LogP contribution in [0.1, 0.15) is 55.3 Å². The van der Waals surface area contributed by atoms with E-state index < -0.39 is 6.10 Å². The Labute approximate surface area is 113 Å². The minimum absolute atomic E-state index is 0.243. The smallest absolute Gasteiger partial charge is 0.270 e. The van der Waals surface area contributed by atoms with Gasteiger partial charge in [-0.1, -0.05) is 13.8 Å². The van der Waals surface area contributed by atoms with Crippen molar-refractivity contribution >= 4 is 5.91 Å². The fourth-order valence-electron chi connectivity index (χ4n) is 1.97. The van der Waals surface area contributed by atoms with E-state index in [1.54, 1.807) is 12.3 Å². The summed E-state index contributed by atoms with van der Waals surface area (Å²) < 4.78 is 0.